The third-order valence-electron chi connectivity index (χ3n) is 4.12. The standard InChI is InChI=1S/C16H23NO2/c1-4-12-5-6-16(18)13(8-12)9-14-10-15(19-3)7-11(2)17-14/h7,10,12-13H,4-6,8-9H2,1-3H3. The van der Waals surface area contributed by atoms with E-state index in [2.05, 4.69) is 11.9 Å². The van der Waals surface area contributed by atoms with Crippen molar-refractivity contribution >= 4 is 5.78 Å². The van der Waals surface area contributed by atoms with E-state index in [-0.39, 0.29) is 5.92 Å². The van der Waals surface area contributed by atoms with Gasteiger partial charge in [-0.15, -0.1) is 0 Å². The quantitative estimate of drug-likeness (QED) is 0.834. The Kier molecular flexibility index (Phi) is 4.56. The molecular formula is C16H23NO2. The van der Waals surface area contributed by atoms with Crippen LogP contribution in [0.1, 0.15) is 44.0 Å². The predicted octanol–water partition coefficient (Wildman–Crippen LogP) is 3.34. The molecular weight excluding hydrogens is 238 g/mol. The summed E-state index contributed by atoms with van der Waals surface area (Å²) in [6.07, 6.45) is 4.76. The molecule has 2 rings (SSSR count). The van der Waals surface area contributed by atoms with E-state index in [0.29, 0.717) is 11.7 Å². The van der Waals surface area contributed by atoms with E-state index in [4.69, 9.17) is 4.74 Å². The van der Waals surface area contributed by atoms with Crippen molar-refractivity contribution in [2.75, 3.05) is 7.11 Å². The lowest BCUT2D eigenvalue weighted by Crippen LogP contribution is -2.26. The summed E-state index contributed by atoms with van der Waals surface area (Å²) in [4.78, 5) is 16.6. The molecule has 0 bridgehead atoms. The Labute approximate surface area is 115 Å². The van der Waals surface area contributed by atoms with Gasteiger partial charge in [0.05, 0.1) is 7.11 Å². The number of ketones is 1. The Hall–Kier alpha value is -1.38. The van der Waals surface area contributed by atoms with E-state index >= 15 is 0 Å². The number of ether oxygens (including phenoxy) is 1. The fourth-order valence-corrected chi connectivity index (χ4v) is 2.95. The van der Waals surface area contributed by atoms with Crippen LogP contribution >= 0.6 is 0 Å². The van der Waals surface area contributed by atoms with Crippen molar-refractivity contribution in [1.29, 1.82) is 0 Å². The maximum absolute atomic E-state index is 12.0. The van der Waals surface area contributed by atoms with Gasteiger partial charge in [-0.05, 0) is 32.1 Å². The van der Waals surface area contributed by atoms with Crippen molar-refractivity contribution in [2.45, 2.75) is 46.0 Å². The molecule has 0 aromatic carbocycles. The second kappa shape index (κ2) is 6.18. The van der Waals surface area contributed by atoms with E-state index in [1.165, 1.54) is 6.42 Å². The number of methoxy groups -OCH3 is 1. The van der Waals surface area contributed by atoms with Crippen molar-refractivity contribution in [1.82, 2.24) is 4.98 Å². The molecule has 19 heavy (non-hydrogen) atoms. The van der Waals surface area contributed by atoms with Gasteiger partial charge in [-0.1, -0.05) is 13.3 Å². The lowest BCUT2D eigenvalue weighted by atomic mass is 9.77. The molecule has 1 aromatic rings. The van der Waals surface area contributed by atoms with Crippen LogP contribution in [0.3, 0.4) is 0 Å². The number of aryl methyl sites for hydroxylation is 1. The average Bonchev–Trinajstić information content (AvgIpc) is 2.40. The Morgan fingerprint density at radius 2 is 2.21 bits per heavy atom. The summed E-state index contributed by atoms with van der Waals surface area (Å²) in [5, 5.41) is 0. The average molecular weight is 261 g/mol. The van der Waals surface area contributed by atoms with Gasteiger partial charge in [0.2, 0.25) is 0 Å². The minimum atomic E-state index is 0.151. The van der Waals surface area contributed by atoms with Crippen LogP contribution in [-0.2, 0) is 11.2 Å². The maximum Gasteiger partial charge on any atom is 0.136 e. The van der Waals surface area contributed by atoms with Crippen molar-refractivity contribution in [3.63, 3.8) is 0 Å². The molecule has 1 heterocycles. The van der Waals surface area contributed by atoms with Gasteiger partial charge in [0.25, 0.3) is 0 Å². The first-order valence-electron chi connectivity index (χ1n) is 7.16. The molecule has 0 spiro atoms. The minimum absolute atomic E-state index is 0.151. The van der Waals surface area contributed by atoms with Gasteiger partial charge in [-0.3, -0.25) is 9.78 Å². The monoisotopic (exact) mass is 261 g/mol. The lowest BCUT2D eigenvalue weighted by molar-refractivity contribution is -0.125. The molecule has 0 saturated heterocycles. The largest absolute Gasteiger partial charge is 0.497 e. The highest BCUT2D eigenvalue weighted by atomic mass is 16.5. The number of pyridine rings is 1. The summed E-state index contributed by atoms with van der Waals surface area (Å²) in [6, 6.07) is 3.87. The molecule has 1 fully saturated rings. The number of aromatic nitrogens is 1. The molecule has 2 atom stereocenters. The summed E-state index contributed by atoms with van der Waals surface area (Å²) in [5.74, 6) is 2.09. The van der Waals surface area contributed by atoms with E-state index in [9.17, 15) is 4.79 Å². The van der Waals surface area contributed by atoms with Crippen LogP contribution in [0.4, 0.5) is 0 Å². The van der Waals surface area contributed by atoms with E-state index in [1.54, 1.807) is 7.11 Å². The summed E-state index contributed by atoms with van der Waals surface area (Å²) in [6.45, 7) is 4.18. The van der Waals surface area contributed by atoms with Crippen molar-refractivity contribution in [3.8, 4) is 5.75 Å². The van der Waals surface area contributed by atoms with Crippen LogP contribution in [0, 0.1) is 18.8 Å². The number of rotatable bonds is 4. The zero-order valence-electron chi connectivity index (χ0n) is 12.1. The number of hydrogen-bond donors (Lipinski definition) is 0. The Bertz CT molecular complexity index is 456. The van der Waals surface area contributed by atoms with Gasteiger partial charge in [0, 0.05) is 35.9 Å². The number of nitrogens with zero attached hydrogens (tertiary/aromatic N) is 1. The molecule has 3 heteroatoms. The number of carbonyl (C=O) groups excluding carboxylic acids is 1. The summed E-state index contributed by atoms with van der Waals surface area (Å²) >= 11 is 0. The van der Waals surface area contributed by atoms with E-state index in [1.807, 2.05) is 19.1 Å². The van der Waals surface area contributed by atoms with Gasteiger partial charge in [0.1, 0.15) is 11.5 Å². The van der Waals surface area contributed by atoms with Crippen LogP contribution in [0.2, 0.25) is 0 Å². The first-order chi connectivity index (χ1) is 9.12. The molecule has 0 amide bonds. The molecule has 1 aliphatic carbocycles. The zero-order valence-corrected chi connectivity index (χ0v) is 12.1. The molecule has 0 N–H and O–H groups in total. The molecule has 0 radical (unpaired) electrons. The number of hydrogen-bond acceptors (Lipinski definition) is 3. The van der Waals surface area contributed by atoms with Crippen LogP contribution in [0.25, 0.3) is 0 Å². The highest BCUT2D eigenvalue weighted by Crippen LogP contribution is 2.31. The fraction of sp³-hybridized carbons (Fsp3) is 0.625. The van der Waals surface area contributed by atoms with Crippen LogP contribution in [-0.4, -0.2) is 17.9 Å². The van der Waals surface area contributed by atoms with Crippen molar-refractivity contribution < 1.29 is 9.53 Å². The third kappa shape index (κ3) is 3.55. The third-order valence-corrected chi connectivity index (χ3v) is 4.12. The minimum Gasteiger partial charge on any atom is -0.497 e. The van der Waals surface area contributed by atoms with Crippen LogP contribution < -0.4 is 4.74 Å². The molecule has 2 unspecified atom stereocenters. The summed E-state index contributed by atoms with van der Waals surface area (Å²) in [7, 11) is 1.66. The van der Waals surface area contributed by atoms with Crippen LogP contribution in [0.5, 0.6) is 5.75 Å². The molecule has 1 aromatic heterocycles. The van der Waals surface area contributed by atoms with Gasteiger partial charge >= 0.3 is 0 Å². The van der Waals surface area contributed by atoms with E-state index in [0.717, 1.165) is 42.8 Å². The first kappa shape index (κ1) is 14.0. The first-order valence-corrected chi connectivity index (χ1v) is 7.16. The SMILES string of the molecule is CCC1CCC(=O)C(Cc2cc(OC)cc(C)n2)C1. The van der Waals surface area contributed by atoms with Crippen molar-refractivity contribution in [2.24, 2.45) is 11.8 Å². The Morgan fingerprint density at radius 1 is 1.42 bits per heavy atom. The van der Waals surface area contributed by atoms with Gasteiger partial charge in [-0.25, -0.2) is 0 Å². The second-order valence-electron chi connectivity index (χ2n) is 5.56. The van der Waals surface area contributed by atoms with E-state index < -0.39 is 0 Å². The molecule has 104 valence electrons. The van der Waals surface area contributed by atoms with Gasteiger partial charge < -0.3 is 4.74 Å². The number of Topliss-reactive ketones (excluding diaryl/α,β-unsaturated/α-hetero) is 1. The Balaban J connectivity index is 2.10. The molecule has 1 saturated carbocycles. The highest BCUT2D eigenvalue weighted by molar-refractivity contribution is 5.82. The smallest absolute Gasteiger partial charge is 0.136 e. The zero-order chi connectivity index (χ0) is 13.8. The predicted molar refractivity (Wildman–Crippen MR) is 75.4 cm³/mol. The summed E-state index contributed by atoms with van der Waals surface area (Å²) in [5.41, 5.74) is 1.93. The van der Waals surface area contributed by atoms with Gasteiger partial charge in [0.15, 0.2) is 0 Å². The molecule has 1 aliphatic rings. The topological polar surface area (TPSA) is 39.2 Å². The fourth-order valence-electron chi connectivity index (χ4n) is 2.95. The number of carbonyl (C=O) groups is 1. The molecule has 0 aliphatic heterocycles. The second-order valence-corrected chi connectivity index (χ2v) is 5.56. The Morgan fingerprint density at radius 3 is 2.89 bits per heavy atom. The summed E-state index contributed by atoms with van der Waals surface area (Å²) < 4.78 is 5.27. The lowest BCUT2D eigenvalue weighted by Gasteiger charge is -2.27. The normalized spacial score (nSPS) is 23.4. The molecule has 3 nitrogen and oxygen atoms in total. The van der Waals surface area contributed by atoms with Gasteiger partial charge in [-0.2, -0.15) is 0 Å². The highest BCUT2D eigenvalue weighted by Gasteiger charge is 2.28. The van der Waals surface area contributed by atoms with Crippen molar-refractivity contribution in [3.05, 3.63) is 23.5 Å². The maximum atomic E-state index is 12.0. The van der Waals surface area contributed by atoms with Crippen LogP contribution in [0.15, 0.2) is 12.1 Å².